The summed E-state index contributed by atoms with van der Waals surface area (Å²) in [5, 5.41) is 0. The van der Waals surface area contributed by atoms with Crippen molar-refractivity contribution in [2.24, 2.45) is 0 Å². The lowest BCUT2D eigenvalue weighted by atomic mass is 9.90. The van der Waals surface area contributed by atoms with Crippen LogP contribution < -0.4 is 0 Å². The molecule has 0 aliphatic rings. The van der Waals surface area contributed by atoms with Crippen molar-refractivity contribution >= 4 is 21.9 Å². The van der Waals surface area contributed by atoms with Crippen LogP contribution in [0.4, 0.5) is 13.2 Å². The minimum absolute atomic E-state index is 0.0717. The lowest BCUT2D eigenvalue weighted by Gasteiger charge is -2.21. The molecule has 2 rings (SSSR count). The Morgan fingerprint density at radius 3 is 1.86 bits per heavy atom. The van der Waals surface area contributed by atoms with Gasteiger partial charge in [0, 0.05) is 4.47 Å². The molecule has 0 amide bonds. The van der Waals surface area contributed by atoms with Crippen LogP contribution in [0.1, 0.15) is 27.4 Å². The largest absolute Gasteiger partial charge is 0.465 e. The fraction of sp³-hybridized carbons (Fsp3) is 0.188. The summed E-state index contributed by atoms with van der Waals surface area (Å²) in [6, 6.07) is 11.2. The molecule has 0 spiro atoms. The molecule has 116 valence electrons. The predicted molar refractivity (Wildman–Crippen MR) is 79.8 cm³/mol. The summed E-state index contributed by atoms with van der Waals surface area (Å²) in [5.41, 5.74) is 0.423. The van der Waals surface area contributed by atoms with Crippen LogP contribution in [0.25, 0.3) is 0 Å². The van der Waals surface area contributed by atoms with Gasteiger partial charge in [-0.1, -0.05) is 40.2 Å². The highest BCUT2D eigenvalue weighted by atomic mass is 79.9. The van der Waals surface area contributed by atoms with E-state index in [1.807, 2.05) is 0 Å². The highest BCUT2D eigenvalue weighted by molar-refractivity contribution is 9.10. The van der Waals surface area contributed by atoms with Gasteiger partial charge in [0.1, 0.15) is 5.92 Å². The van der Waals surface area contributed by atoms with Gasteiger partial charge in [-0.25, -0.2) is 4.79 Å². The summed E-state index contributed by atoms with van der Waals surface area (Å²) >= 11 is 3.20. The number of benzene rings is 2. The first-order valence-electron chi connectivity index (χ1n) is 6.33. The molecule has 0 heterocycles. The van der Waals surface area contributed by atoms with Crippen LogP contribution >= 0.6 is 15.9 Å². The monoisotopic (exact) mass is 372 g/mol. The van der Waals surface area contributed by atoms with Crippen LogP contribution in [0.2, 0.25) is 0 Å². The van der Waals surface area contributed by atoms with Crippen LogP contribution in [0, 0.1) is 0 Å². The van der Waals surface area contributed by atoms with Crippen molar-refractivity contribution in [2.45, 2.75) is 12.1 Å². The molecule has 6 heteroatoms. The topological polar surface area (TPSA) is 26.3 Å². The minimum atomic E-state index is -4.43. The quantitative estimate of drug-likeness (QED) is 0.714. The number of hydrogen-bond donors (Lipinski definition) is 0. The Balaban J connectivity index is 2.42. The van der Waals surface area contributed by atoms with Crippen molar-refractivity contribution in [3.63, 3.8) is 0 Å². The van der Waals surface area contributed by atoms with Gasteiger partial charge in [-0.15, -0.1) is 0 Å². The maximum absolute atomic E-state index is 13.4. The maximum atomic E-state index is 13.4. The highest BCUT2D eigenvalue weighted by Crippen LogP contribution is 2.40. The Labute approximate surface area is 134 Å². The van der Waals surface area contributed by atoms with E-state index in [9.17, 15) is 18.0 Å². The Morgan fingerprint density at radius 2 is 1.45 bits per heavy atom. The van der Waals surface area contributed by atoms with E-state index in [-0.39, 0.29) is 16.7 Å². The lowest BCUT2D eigenvalue weighted by Crippen LogP contribution is -2.22. The van der Waals surface area contributed by atoms with Crippen molar-refractivity contribution in [3.05, 3.63) is 69.7 Å². The van der Waals surface area contributed by atoms with Crippen molar-refractivity contribution in [2.75, 3.05) is 7.11 Å². The molecule has 0 N–H and O–H groups in total. The molecule has 2 aromatic carbocycles. The first kappa shape index (κ1) is 16.5. The normalized spacial score (nSPS) is 12.8. The molecule has 0 fully saturated rings. The molecule has 0 aromatic heterocycles. The Hall–Kier alpha value is -1.82. The van der Waals surface area contributed by atoms with E-state index >= 15 is 0 Å². The van der Waals surface area contributed by atoms with Gasteiger partial charge in [-0.05, 0) is 35.4 Å². The Bertz CT molecular complexity index is 649. The first-order valence-corrected chi connectivity index (χ1v) is 7.12. The van der Waals surface area contributed by atoms with Crippen LogP contribution in [0.5, 0.6) is 0 Å². The minimum Gasteiger partial charge on any atom is -0.465 e. The fourth-order valence-corrected chi connectivity index (χ4v) is 2.42. The summed E-state index contributed by atoms with van der Waals surface area (Å²) < 4.78 is 45.5. The van der Waals surface area contributed by atoms with Crippen LogP contribution in [0.15, 0.2) is 53.0 Å². The van der Waals surface area contributed by atoms with Gasteiger partial charge in [0.15, 0.2) is 0 Å². The molecular weight excluding hydrogens is 361 g/mol. The third kappa shape index (κ3) is 3.68. The van der Waals surface area contributed by atoms with E-state index in [2.05, 4.69) is 20.7 Å². The molecular formula is C16H12BrF3O2. The third-order valence-electron chi connectivity index (χ3n) is 3.20. The van der Waals surface area contributed by atoms with Gasteiger partial charge in [0.2, 0.25) is 0 Å². The van der Waals surface area contributed by atoms with E-state index in [1.54, 1.807) is 12.1 Å². The van der Waals surface area contributed by atoms with E-state index in [0.29, 0.717) is 4.47 Å². The van der Waals surface area contributed by atoms with Gasteiger partial charge in [0.25, 0.3) is 0 Å². The summed E-state index contributed by atoms with van der Waals surface area (Å²) in [4.78, 5) is 11.3. The van der Waals surface area contributed by atoms with Gasteiger partial charge >= 0.3 is 12.1 Å². The first-order chi connectivity index (χ1) is 10.3. The number of carbonyl (C=O) groups excluding carboxylic acids is 1. The van der Waals surface area contributed by atoms with E-state index in [4.69, 9.17) is 0 Å². The van der Waals surface area contributed by atoms with Gasteiger partial charge in [-0.2, -0.15) is 13.2 Å². The van der Waals surface area contributed by atoms with Crippen LogP contribution in [0.3, 0.4) is 0 Å². The molecule has 0 unspecified atom stereocenters. The number of rotatable bonds is 3. The summed E-state index contributed by atoms with van der Waals surface area (Å²) in [5.74, 6) is -2.33. The Morgan fingerprint density at radius 1 is 1.00 bits per heavy atom. The number of methoxy groups -OCH3 is 1. The number of halogens is 4. The van der Waals surface area contributed by atoms with Crippen molar-refractivity contribution < 1.29 is 22.7 Å². The van der Waals surface area contributed by atoms with Crippen molar-refractivity contribution in [1.29, 1.82) is 0 Å². The van der Waals surface area contributed by atoms with E-state index in [0.717, 1.165) is 0 Å². The lowest BCUT2D eigenvalue weighted by molar-refractivity contribution is -0.141. The van der Waals surface area contributed by atoms with Gasteiger partial charge < -0.3 is 4.74 Å². The zero-order valence-corrected chi connectivity index (χ0v) is 13.1. The highest BCUT2D eigenvalue weighted by Gasteiger charge is 2.41. The van der Waals surface area contributed by atoms with Crippen LogP contribution in [-0.4, -0.2) is 19.3 Å². The second-order valence-electron chi connectivity index (χ2n) is 4.64. The second-order valence-corrected chi connectivity index (χ2v) is 5.56. The third-order valence-corrected chi connectivity index (χ3v) is 3.72. The SMILES string of the molecule is COC(=O)c1ccc([C@@H](c2ccc(Br)cc2)C(F)(F)F)cc1. The summed E-state index contributed by atoms with van der Waals surface area (Å²) in [7, 11) is 1.22. The predicted octanol–water partition coefficient (Wildman–Crippen LogP) is 4.93. The number of alkyl halides is 3. The Kier molecular flexibility index (Phi) is 4.90. The van der Waals surface area contributed by atoms with E-state index in [1.165, 1.54) is 43.5 Å². The van der Waals surface area contributed by atoms with Gasteiger partial charge in [-0.3, -0.25) is 0 Å². The standard InChI is InChI=1S/C16H12BrF3O2/c1-22-15(21)12-4-2-10(3-5-12)14(16(18,19)20)11-6-8-13(17)9-7-11/h2-9,14H,1H3/t14-/m0/s1. The zero-order valence-electron chi connectivity index (χ0n) is 11.5. The molecule has 0 saturated carbocycles. The summed E-state index contributed by atoms with van der Waals surface area (Å²) in [6.07, 6.45) is -4.43. The van der Waals surface area contributed by atoms with Crippen molar-refractivity contribution in [3.8, 4) is 0 Å². The smallest absolute Gasteiger partial charge is 0.399 e. The number of hydrogen-bond acceptors (Lipinski definition) is 2. The maximum Gasteiger partial charge on any atom is 0.399 e. The zero-order chi connectivity index (χ0) is 16.3. The molecule has 0 aliphatic carbocycles. The van der Waals surface area contributed by atoms with E-state index < -0.39 is 18.1 Å². The molecule has 2 nitrogen and oxygen atoms in total. The average molecular weight is 373 g/mol. The molecule has 0 bridgehead atoms. The average Bonchev–Trinajstić information content (AvgIpc) is 2.48. The fourth-order valence-electron chi connectivity index (χ4n) is 2.16. The number of esters is 1. The number of carbonyl (C=O) groups is 1. The summed E-state index contributed by atoms with van der Waals surface area (Å²) in [6.45, 7) is 0. The molecule has 22 heavy (non-hydrogen) atoms. The molecule has 0 saturated heterocycles. The molecule has 0 radical (unpaired) electrons. The van der Waals surface area contributed by atoms with Crippen molar-refractivity contribution in [1.82, 2.24) is 0 Å². The molecule has 1 atom stereocenters. The number of ether oxygens (including phenoxy) is 1. The molecule has 2 aromatic rings. The van der Waals surface area contributed by atoms with Crippen LogP contribution in [-0.2, 0) is 4.74 Å². The molecule has 0 aliphatic heterocycles. The van der Waals surface area contributed by atoms with Gasteiger partial charge in [0.05, 0.1) is 12.7 Å². The second kappa shape index (κ2) is 6.52.